The van der Waals surface area contributed by atoms with E-state index < -0.39 is 11.3 Å². The van der Waals surface area contributed by atoms with E-state index in [-0.39, 0.29) is 5.91 Å². The zero-order valence-corrected chi connectivity index (χ0v) is 16.6. The molecule has 134 valence electrons. The maximum atomic E-state index is 13.2. The number of allylic oxidation sites excluding steroid dienone is 1. The van der Waals surface area contributed by atoms with Gasteiger partial charge in [-0.15, -0.1) is 17.9 Å². The maximum absolute atomic E-state index is 13.2. The van der Waals surface area contributed by atoms with Gasteiger partial charge in [0.1, 0.15) is 10.9 Å². The molecule has 3 rings (SSSR count). The van der Waals surface area contributed by atoms with Gasteiger partial charge in [0.2, 0.25) is 5.91 Å². The van der Waals surface area contributed by atoms with Crippen molar-refractivity contribution in [2.24, 2.45) is 0 Å². The zero-order valence-electron chi connectivity index (χ0n) is 15.1. The molecule has 0 spiro atoms. The second-order valence-corrected chi connectivity index (χ2v) is 8.18. The van der Waals surface area contributed by atoms with Crippen molar-refractivity contribution < 1.29 is 4.79 Å². The molecule has 0 unspecified atom stereocenters. The molecule has 1 amide bonds. The fourth-order valence-corrected chi connectivity index (χ4v) is 4.59. The molecule has 5 heteroatoms. The molecule has 26 heavy (non-hydrogen) atoms. The van der Waals surface area contributed by atoms with Crippen molar-refractivity contribution in [2.75, 3.05) is 14.1 Å². The van der Waals surface area contributed by atoms with Crippen LogP contribution in [0, 0.1) is 0 Å². The Bertz CT molecular complexity index is 951. The molecule has 0 fully saturated rings. The van der Waals surface area contributed by atoms with Crippen LogP contribution in [0.3, 0.4) is 0 Å². The number of aromatic nitrogens is 1. The third-order valence-corrected chi connectivity index (χ3v) is 6.04. The molecular weight excluding hydrogens is 364 g/mol. The standard InChI is InChI=1S/C21H21ClN2OS/c1-5-21(2,14-9-7-6-8-10-14)18(20(25)24(3)4)19-23-16-12-11-15(22)13-17(16)26-19/h5-13,18H,1H2,2-4H3/t18-,21+/m1/s1. The summed E-state index contributed by atoms with van der Waals surface area (Å²) in [4.78, 5) is 19.6. The van der Waals surface area contributed by atoms with Crippen LogP contribution in [-0.4, -0.2) is 29.9 Å². The molecule has 0 aliphatic carbocycles. The lowest BCUT2D eigenvalue weighted by atomic mass is 9.71. The van der Waals surface area contributed by atoms with Gasteiger partial charge in [-0.3, -0.25) is 4.79 Å². The summed E-state index contributed by atoms with van der Waals surface area (Å²) in [6, 6.07) is 15.6. The maximum Gasteiger partial charge on any atom is 0.233 e. The second kappa shape index (κ2) is 7.22. The largest absolute Gasteiger partial charge is 0.348 e. The molecule has 0 saturated heterocycles. The highest BCUT2D eigenvalue weighted by Crippen LogP contribution is 2.43. The van der Waals surface area contributed by atoms with Gasteiger partial charge in [0.25, 0.3) is 0 Å². The number of fused-ring (bicyclic) bond motifs is 1. The average molecular weight is 385 g/mol. The third-order valence-electron chi connectivity index (χ3n) is 4.72. The van der Waals surface area contributed by atoms with Gasteiger partial charge < -0.3 is 4.90 Å². The molecule has 0 bridgehead atoms. The summed E-state index contributed by atoms with van der Waals surface area (Å²) < 4.78 is 0.975. The van der Waals surface area contributed by atoms with Crippen LogP contribution in [0.25, 0.3) is 10.2 Å². The summed E-state index contributed by atoms with van der Waals surface area (Å²) in [5.41, 5.74) is 1.30. The van der Waals surface area contributed by atoms with E-state index >= 15 is 0 Å². The number of rotatable bonds is 5. The Kier molecular flexibility index (Phi) is 5.17. The van der Waals surface area contributed by atoms with E-state index in [0.29, 0.717) is 5.02 Å². The minimum Gasteiger partial charge on any atom is -0.348 e. The van der Waals surface area contributed by atoms with Crippen LogP contribution >= 0.6 is 22.9 Å². The predicted molar refractivity (Wildman–Crippen MR) is 110 cm³/mol. The first kappa shape index (κ1) is 18.6. The molecule has 2 aromatic carbocycles. The van der Waals surface area contributed by atoms with Gasteiger partial charge in [0, 0.05) is 24.5 Å². The summed E-state index contributed by atoms with van der Waals surface area (Å²) in [7, 11) is 3.54. The monoisotopic (exact) mass is 384 g/mol. The highest BCUT2D eigenvalue weighted by Gasteiger charge is 2.42. The number of amides is 1. The summed E-state index contributed by atoms with van der Waals surface area (Å²) in [5, 5.41) is 1.44. The Balaban J connectivity index is 2.21. The number of benzene rings is 2. The van der Waals surface area contributed by atoms with Crippen molar-refractivity contribution in [3.05, 3.63) is 76.8 Å². The van der Waals surface area contributed by atoms with Gasteiger partial charge in [-0.2, -0.15) is 0 Å². The van der Waals surface area contributed by atoms with Crippen LogP contribution in [0.4, 0.5) is 0 Å². The summed E-state index contributed by atoms with van der Waals surface area (Å²) in [5.74, 6) is -0.463. The van der Waals surface area contributed by atoms with Gasteiger partial charge in [-0.1, -0.05) is 54.9 Å². The SMILES string of the molecule is C=C[C@@](C)(c1ccccc1)[C@@H](C(=O)N(C)C)c1nc2ccc(Cl)cc2s1. The quantitative estimate of drug-likeness (QED) is 0.562. The Morgan fingerprint density at radius 2 is 1.96 bits per heavy atom. The Labute approximate surface area is 162 Å². The number of likely N-dealkylation sites (N-methyl/N-ethyl adjacent to an activating group) is 1. The molecule has 0 saturated carbocycles. The number of halogens is 1. The fraction of sp³-hybridized carbons (Fsp3) is 0.238. The molecule has 0 aliphatic heterocycles. The van der Waals surface area contributed by atoms with Crippen LogP contribution < -0.4 is 0 Å². The molecule has 3 aromatic rings. The fourth-order valence-electron chi connectivity index (χ4n) is 3.12. The normalized spacial score (nSPS) is 14.6. The van der Waals surface area contributed by atoms with Crippen LogP contribution in [0.15, 0.2) is 61.2 Å². The van der Waals surface area contributed by atoms with Gasteiger partial charge >= 0.3 is 0 Å². The van der Waals surface area contributed by atoms with Crippen molar-refractivity contribution in [1.82, 2.24) is 9.88 Å². The van der Waals surface area contributed by atoms with E-state index in [0.717, 1.165) is 20.8 Å². The number of nitrogens with zero attached hydrogens (tertiary/aromatic N) is 2. The first-order valence-electron chi connectivity index (χ1n) is 8.33. The molecule has 1 heterocycles. The highest BCUT2D eigenvalue weighted by molar-refractivity contribution is 7.18. The van der Waals surface area contributed by atoms with Gasteiger partial charge in [-0.25, -0.2) is 4.98 Å². The predicted octanol–water partition coefficient (Wildman–Crippen LogP) is 5.27. The Morgan fingerprint density at radius 1 is 1.27 bits per heavy atom. The number of hydrogen-bond acceptors (Lipinski definition) is 3. The lowest BCUT2D eigenvalue weighted by Crippen LogP contribution is -2.40. The minimum atomic E-state index is -0.583. The Morgan fingerprint density at radius 3 is 2.58 bits per heavy atom. The Hall–Kier alpha value is -2.17. The number of hydrogen-bond donors (Lipinski definition) is 0. The number of carbonyl (C=O) groups excluding carboxylic acids is 1. The van der Waals surface area contributed by atoms with Crippen molar-refractivity contribution in [3.63, 3.8) is 0 Å². The summed E-state index contributed by atoms with van der Waals surface area (Å²) >= 11 is 7.63. The first-order valence-corrected chi connectivity index (χ1v) is 9.52. The number of carbonyl (C=O) groups is 1. The highest BCUT2D eigenvalue weighted by atomic mass is 35.5. The van der Waals surface area contributed by atoms with E-state index in [4.69, 9.17) is 16.6 Å². The summed E-state index contributed by atoms with van der Waals surface area (Å²) in [6.45, 7) is 6.09. The van der Waals surface area contributed by atoms with Crippen molar-refractivity contribution in [1.29, 1.82) is 0 Å². The first-order chi connectivity index (χ1) is 12.4. The zero-order chi connectivity index (χ0) is 18.9. The molecule has 2 atom stereocenters. The average Bonchev–Trinajstić information content (AvgIpc) is 3.04. The van der Waals surface area contributed by atoms with E-state index in [1.54, 1.807) is 19.0 Å². The number of thiazole rings is 1. The van der Waals surface area contributed by atoms with Gasteiger partial charge in [0.15, 0.2) is 0 Å². The van der Waals surface area contributed by atoms with Crippen molar-refractivity contribution in [3.8, 4) is 0 Å². The second-order valence-electron chi connectivity index (χ2n) is 6.68. The van der Waals surface area contributed by atoms with E-state index in [1.807, 2.05) is 61.5 Å². The van der Waals surface area contributed by atoms with Crippen molar-refractivity contribution in [2.45, 2.75) is 18.3 Å². The summed E-state index contributed by atoms with van der Waals surface area (Å²) in [6.07, 6.45) is 1.85. The van der Waals surface area contributed by atoms with Gasteiger partial charge in [-0.05, 0) is 23.8 Å². The molecule has 3 nitrogen and oxygen atoms in total. The van der Waals surface area contributed by atoms with E-state index in [1.165, 1.54) is 11.3 Å². The molecule has 0 radical (unpaired) electrons. The lowest BCUT2D eigenvalue weighted by Gasteiger charge is -2.35. The minimum absolute atomic E-state index is 0.00130. The van der Waals surface area contributed by atoms with Crippen LogP contribution in [0.2, 0.25) is 5.02 Å². The van der Waals surface area contributed by atoms with Crippen molar-refractivity contribution >= 4 is 39.1 Å². The van der Waals surface area contributed by atoms with Gasteiger partial charge in [0.05, 0.1) is 10.2 Å². The van der Waals surface area contributed by atoms with E-state index in [9.17, 15) is 4.79 Å². The topological polar surface area (TPSA) is 33.2 Å². The molecule has 0 aliphatic rings. The molecule has 1 aromatic heterocycles. The smallest absolute Gasteiger partial charge is 0.233 e. The lowest BCUT2D eigenvalue weighted by molar-refractivity contribution is -0.131. The van der Waals surface area contributed by atoms with E-state index in [2.05, 4.69) is 6.58 Å². The molecule has 0 N–H and O–H groups in total. The molecular formula is C21H21ClN2OS. The van der Waals surface area contributed by atoms with Crippen LogP contribution in [0.1, 0.15) is 23.4 Å². The van der Waals surface area contributed by atoms with Crippen LogP contribution in [0.5, 0.6) is 0 Å². The van der Waals surface area contributed by atoms with Crippen LogP contribution in [-0.2, 0) is 10.2 Å². The third kappa shape index (κ3) is 3.27.